The van der Waals surface area contributed by atoms with Crippen LogP contribution in [0.2, 0.25) is 0 Å². The zero-order valence-corrected chi connectivity index (χ0v) is 35.7. The second-order valence-electron chi connectivity index (χ2n) is 18.2. The van der Waals surface area contributed by atoms with Gasteiger partial charge in [-0.15, -0.1) is 0 Å². The lowest BCUT2D eigenvalue weighted by Gasteiger charge is -2.28. The van der Waals surface area contributed by atoms with Crippen LogP contribution in [0.5, 0.6) is 11.5 Å². The van der Waals surface area contributed by atoms with Crippen LogP contribution in [0.1, 0.15) is 52.7 Å². The second kappa shape index (κ2) is 14.9. The van der Waals surface area contributed by atoms with E-state index >= 15 is 0 Å². The van der Waals surface area contributed by atoms with E-state index in [0.717, 1.165) is 45.1 Å². The van der Waals surface area contributed by atoms with Gasteiger partial charge in [-0.1, -0.05) is 145 Å². The summed E-state index contributed by atoms with van der Waals surface area (Å²) >= 11 is 0. The summed E-state index contributed by atoms with van der Waals surface area (Å²) in [5.74, 6) is 2.44. The maximum absolute atomic E-state index is 6.76. The summed E-state index contributed by atoms with van der Waals surface area (Å²) in [6.45, 7) is 14.2. The molecule has 0 atom stereocenters. The molecule has 1 aliphatic rings. The Morgan fingerprint density at radius 3 is 1.90 bits per heavy atom. The van der Waals surface area contributed by atoms with E-state index in [0.29, 0.717) is 6.67 Å². The van der Waals surface area contributed by atoms with Crippen molar-refractivity contribution in [2.45, 2.75) is 52.4 Å². The molecule has 5 heteroatoms. The summed E-state index contributed by atoms with van der Waals surface area (Å²) in [5.41, 5.74) is 14.1. The molecule has 10 rings (SSSR count). The predicted molar refractivity (Wildman–Crippen MR) is 255 cm³/mol. The summed E-state index contributed by atoms with van der Waals surface area (Å²) in [6, 6.07) is 63.0. The highest BCUT2D eigenvalue weighted by Crippen LogP contribution is 2.49. The van der Waals surface area contributed by atoms with Gasteiger partial charge in [0.25, 0.3) is 0 Å². The molecule has 7 aromatic carbocycles. The van der Waals surface area contributed by atoms with Crippen LogP contribution in [0.4, 0.5) is 22.7 Å². The molecule has 0 N–H and O–H groups in total. The maximum Gasteiger partial charge on any atom is 0.137 e. The van der Waals surface area contributed by atoms with E-state index in [-0.39, 0.29) is 10.8 Å². The zero-order chi connectivity index (χ0) is 41.9. The minimum atomic E-state index is -0.0266. The van der Waals surface area contributed by atoms with Crippen molar-refractivity contribution in [1.29, 1.82) is 0 Å². The minimum Gasteiger partial charge on any atom is -0.457 e. The number of benzene rings is 7. The molecule has 0 unspecified atom stereocenters. The van der Waals surface area contributed by atoms with E-state index < -0.39 is 0 Å². The first-order valence-corrected chi connectivity index (χ1v) is 21.2. The number of hydrogen-bond donors (Lipinski definition) is 0. The summed E-state index contributed by atoms with van der Waals surface area (Å²) in [7, 11) is 0. The average molecular weight is 795 g/mol. The van der Waals surface area contributed by atoms with Crippen LogP contribution in [-0.2, 0) is 10.8 Å². The lowest BCUT2D eigenvalue weighted by atomic mass is 9.84. The van der Waals surface area contributed by atoms with E-state index in [9.17, 15) is 0 Å². The number of rotatable bonds is 7. The highest BCUT2D eigenvalue weighted by molar-refractivity contribution is 6.09. The van der Waals surface area contributed by atoms with Gasteiger partial charge in [0, 0.05) is 40.4 Å². The van der Waals surface area contributed by atoms with Crippen molar-refractivity contribution in [2.75, 3.05) is 16.5 Å². The lowest BCUT2D eigenvalue weighted by Crippen LogP contribution is -2.25. The fourth-order valence-corrected chi connectivity index (χ4v) is 8.80. The van der Waals surface area contributed by atoms with Crippen LogP contribution >= 0.6 is 0 Å². The molecule has 0 radical (unpaired) electrons. The molecule has 3 heterocycles. The van der Waals surface area contributed by atoms with Crippen molar-refractivity contribution in [3.63, 3.8) is 0 Å². The third-order valence-electron chi connectivity index (χ3n) is 12.1. The number of pyridine rings is 1. The van der Waals surface area contributed by atoms with Crippen molar-refractivity contribution in [1.82, 2.24) is 9.55 Å². The molecule has 2 aromatic heterocycles. The summed E-state index contributed by atoms with van der Waals surface area (Å²) < 4.78 is 9.03. The van der Waals surface area contributed by atoms with E-state index in [1.165, 1.54) is 50.1 Å². The Kier molecular flexibility index (Phi) is 9.29. The van der Waals surface area contributed by atoms with Gasteiger partial charge in [0.2, 0.25) is 0 Å². The molecule has 0 amide bonds. The summed E-state index contributed by atoms with van der Waals surface area (Å²) in [5, 5.41) is 2.35. The van der Waals surface area contributed by atoms with E-state index in [4.69, 9.17) is 9.72 Å². The summed E-state index contributed by atoms with van der Waals surface area (Å²) in [6.07, 6.45) is 1.92. The molecular weight excluding hydrogens is 745 g/mol. The molecular formula is C56H50N4O. The number of para-hydroxylation sites is 3. The van der Waals surface area contributed by atoms with E-state index in [1.54, 1.807) is 0 Å². The molecule has 300 valence electrons. The van der Waals surface area contributed by atoms with Crippen molar-refractivity contribution >= 4 is 44.6 Å². The Labute approximate surface area is 359 Å². The number of ether oxygens (including phenoxy) is 1. The molecule has 0 saturated heterocycles. The van der Waals surface area contributed by atoms with E-state index in [1.807, 2.05) is 12.3 Å². The largest absolute Gasteiger partial charge is 0.457 e. The van der Waals surface area contributed by atoms with Gasteiger partial charge in [-0.3, -0.25) is 4.57 Å². The van der Waals surface area contributed by atoms with Crippen molar-refractivity contribution < 1.29 is 4.74 Å². The fourth-order valence-electron chi connectivity index (χ4n) is 8.80. The first-order valence-electron chi connectivity index (χ1n) is 21.2. The Morgan fingerprint density at radius 2 is 1.11 bits per heavy atom. The molecule has 61 heavy (non-hydrogen) atoms. The van der Waals surface area contributed by atoms with Crippen LogP contribution < -0.4 is 14.5 Å². The standard InChI is InChI=1S/C56H50N4O/c1-55(2,3)39-27-29-47(45-22-11-10-21-44(45)38-17-8-7-9-18-38)52(33-39)59-37-58(50-25-14-15-26-51(50)59)41-19-16-20-42(35-41)61-43-28-30-48-46-23-12-13-24-49(46)60(53(48)36-43)54-34-40(31-32-57-54)56(4,5)6/h7-36H,37H2,1-6H3. The number of aromatic nitrogens is 2. The number of fused-ring (bicyclic) bond motifs is 4. The molecule has 9 aromatic rings. The summed E-state index contributed by atoms with van der Waals surface area (Å²) in [4.78, 5) is 9.75. The van der Waals surface area contributed by atoms with Crippen molar-refractivity contribution in [2.24, 2.45) is 0 Å². The predicted octanol–water partition coefficient (Wildman–Crippen LogP) is 15.1. The minimum absolute atomic E-state index is 0.00479. The highest BCUT2D eigenvalue weighted by atomic mass is 16.5. The molecule has 0 fully saturated rings. The maximum atomic E-state index is 6.76. The zero-order valence-electron chi connectivity index (χ0n) is 35.7. The molecule has 0 spiro atoms. The first-order chi connectivity index (χ1) is 29.5. The normalized spacial score (nSPS) is 13.0. The SMILES string of the molecule is CC(C)(C)c1ccnc(-n2c3ccccc3c3ccc(Oc4cccc(N5CN(c6cc(C(C)(C)C)ccc6-c6ccccc6-c6ccccc6)c6ccccc65)c4)cc32)c1. The quantitative estimate of drug-likeness (QED) is 0.161. The lowest BCUT2D eigenvalue weighted by molar-refractivity contribution is 0.483. The molecule has 0 saturated carbocycles. The monoisotopic (exact) mass is 794 g/mol. The van der Waals surface area contributed by atoms with Crippen LogP contribution in [-0.4, -0.2) is 16.2 Å². The number of nitrogens with zero attached hydrogens (tertiary/aromatic N) is 4. The van der Waals surface area contributed by atoms with Crippen molar-refractivity contribution in [3.05, 3.63) is 193 Å². The van der Waals surface area contributed by atoms with Gasteiger partial charge in [-0.05, 0) is 99.3 Å². The average Bonchev–Trinajstić information content (AvgIpc) is 3.82. The Bertz CT molecular complexity index is 3080. The van der Waals surface area contributed by atoms with Gasteiger partial charge in [0.05, 0.1) is 28.1 Å². The molecule has 5 nitrogen and oxygen atoms in total. The van der Waals surface area contributed by atoms with Gasteiger partial charge >= 0.3 is 0 Å². The molecule has 1 aliphatic heterocycles. The Balaban J connectivity index is 1.03. The highest BCUT2D eigenvalue weighted by Gasteiger charge is 2.31. The van der Waals surface area contributed by atoms with Gasteiger partial charge in [-0.25, -0.2) is 4.98 Å². The van der Waals surface area contributed by atoms with Gasteiger partial charge in [-0.2, -0.15) is 0 Å². The van der Waals surface area contributed by atoms with Crippen LogP contribution in [0.15, 0.2) is 182 Å². The van der Waals surface area contributed by atoms with Gasteiger partial charge in [0.1, 0.15) is 24.0 Å². The van der Waals surface area contributed by atoms with Gasteiger partial charge in [0.15, 0.2) is 0 Å². The van der Waals surface area contributed by atoms with E-state index in [2.05, 4.69) is 226 Å². The second-order valence-corrected chi connectivity index (χ2v) is 18.2. The van der Waals surface area contributed by atoms with Crippen LogP contribution in [0.3, 0.4) is 0 Å². The third-order valence-corrected chi connectivity index (χ3v) is 12.1. The third kappa shape index (κ3) is 7.00. The number of hydrogen-bond acceptors (Lipinski definition) is 4. The van der Waals surface area contributed by atoms with Crippen molar-refractivity contribution in [3.8, 4) is 39.6 Å². The Hall–Kier alpha value is -7.11. The fraction of sp³-hybridized carbons (Fsp3) is 0.161. The van der Waals surface area contributed by atoms with Crippen LogP contribution in [0.25, 0.3) is 49.9 Å². The van der Waals surface area contributed by atoms with Gasteiger partial charge < -0.3 is 14.5 Å². The number of anilines is 4. The smallest absolute Gasteiger partial charge is 0.137 e. The van der Waals surface area contributed by atoms with Crippen LogP contribution in [0, 0.1) is 0 Å². The molecule has 0 aliphatic carbocycles. The topological polar surface area (TPSA) is 33.5 Å². The Morgan fingerprint density at radius 1 is 0.459 bits per heavy atom. The molecule has 0 bridgehead atoms. The first kappa shape index (κ1) is 38.1.